The number of methoxy groups -OCH3 is 1. The van der Waals surface area contributed by atoms with Gasteiger partial charge >= 0.3 is 5.97 Å². The summed E-state index contributed by atoms with van der Waals surface area (Å²) in [7, 11) is 1.39. The Bertz CT molecular complexity index is 1240. The van der Waals surface area contributed by atoms with Crippen LogP contribution in [0.5, 0.6) is 5.75 Å². The van der Waals surface area contributed by atoms with E-state index < -0.39 is 28.5 Å². The number of carboxylic acid groups (broad SMARTS) is 1. The van der Waals surface area contributed by atoms with E-state index in [1.54, 1.807) is 16.8 Å². The van der Waals surface area contributed by atoms with E-state index in [0.29, 0.717) is 24.4 Å². The normalized spacial score (nSPS) is 13.9. The highest BCUT2D eigenvalue weighted by Gasteiger charge is 2.29. The lowest BCUT2D eigenvalue weighted by Gasteiger charge is -2.23. The quantitative estimate of drug-likeness (QED) is 0.300. The number of aromatic nitrogens is 2. The van der Waals surface area contributed by atoms with E-state index in [-0.39, 0.29) is 22.9 Å². The number of pyridine rings is 2. The van der Waals surface area contributed by atoms with Crippen LogP contribution in [0.25, 0.3) is 10.9 Å². The smallest absolute Gasteiger partial charge is 0.341 e. The van der Waals surface area contributed by atoms with Gasteiger partial charge in [-0.1, -0.05) is 18.9 Å². The summed E-state index contributed by atoms with van der Waals surface area (Å²) in [5.74, 6) is -1.43. The molecule has 1 aliphatic rings. The summed E-state index contributed by atoms with van der Waals surface area (Å²) in [6.45, 7) is 0.751. The predicted molar refractivity (Wildman–Crippen MR) is 125 cm³/mol. The van der Waals surface area contributed by atoms with Gasteiger partial charge in [0.05, 0.1) is 23.7 Å². The molecule has 2 aromatic heterocycles. The highest BCUT2D eigenvalue weighted by molar-refractivity contribution is 6.03. The fourth-order valence-corrected chi connectivity index (χ4v) is 4.40. The van der Waals surface area contributed by atoms with Crippen LogP contribution in [-0.2, 0) is 0 Å². The molecule has 0 amide bonds. The van der Waals surface area contributed by atoms with Crippen molar-refractivity contribution >= 4 is 34.1 Å². The Hall–Kier alpha value is -3.82. The zero-order chi connectivity index (χ0) is 23.5. The van der Waals surface area contributed by atoms with Crippen LogP contribution in [0.3, 0.4) is 0 Å². The van der Waals surface area contributed by atoms with Crippen LogP contribution in [0, 0.1) is 5.82 Å². The van der Waals surface area contributed by atoms with E-state index in [2.05, 4.69) is 15.6 Å². The van der Waals surface area contributed by atoms with Crippen LogP contribution in [0.2, 0.25) is 0 Å². The molecule has 9 nitrogen and oxygen atoms in total. The van der Waals surface area contributed by atoms with E-state index >= 15 is 4.39 Å². The molecular weight excluding hydrogens is 429 g/mol. The number of aromatic carboxylic acids is 1. The summed E-state index contributed by atoms with van der Waals surface area (Å²) >= 11 is 0. The fraction of sp³-hybridized carbons (Fsp3) is 0.348. The number of halogens is 1. The maximum absolute atomic E-state index is 15.4. The molecule has 4 rings (SSSR count). The number of nitrogens with zero attached hydrogens (tertiary/aromatic N) is 2. The number of carbonyl (C=O) groups is 1. The number of hydrogen-bond acceptors (Lipinski definition) is 7. The molecule has 1 saturated carbocycles. The number of benzene rings is 1. The lowest BCUT2D eigenvalue weighted by atomic mass is 10.0. The van der Waals surface area contributed by atoms with Gasteiger partial charge in [-0.2, -0.15) is 0 Å². The minimum Gasteiger partial charge on any atom is -0.492 e. The van der Waals surface area contributed by atoms with Gasteiger partial charge in [0.15, 0.2) is 11.6 Å². The van der Waals surface area contributed by atoms with Crippen LogP contribution < -0.4 is 26.5 Å². The number of nitrogens with one attached hydrogen (secondary N) is 2. The van der Waals surface area contributed by atoms with Crippen molar-refractivity contribution in [1.82, 2.24) is 9.55 Å². The van der Waals surface area contributed by atoms with Gasteiger partial charge in [-0.05, 0) is 25.0 Å². The number of rotatable bonds is 8. The van der Waals surface area contributed by atoms with Crippen LogP contribution in [0.15, 0.2) is 35.4 Å². The monoisotopic (exact) mass is 455 g/mol. The van der Waals surface area contributed by atoms with Crippen molar-refractivity contribution in [2.45, 2.75) is 31.7 Å². The van der Waals surface area contributed by atoms with Gasteiger partial charge in [-0.25, -0.2) is 14.2 Å². The average Bonchev–Trinajstić information content (AvgIpc) is 3.35. The van der Waals surface area contributed by atoms with Gasteiger partial charge in [0.1, 0.15) is 17.1 Å². The summed E-state index contributed by atoms with van der Waals surface area (Å²) in [6.07, 6.45) is 6.57. The van der Waals surface area contributed by atoms with Crippen molar-refractivity contribution in [3.63, 3.8) is 0 Å². The third-order valence-electron chi connectivity index (χ3n) is 5.95. The average molecular weight is 455 g/mol. The maximum atomic E-state index is 15.4. The molecule has 10 heteroatoms. The second-order valence-electron chi connectivity index (χ2n) is 7.95. The first-order valence-electron chi connectivity index (χ1n) is 10.8. The van der Waals surface area contributed by atoms with Gasteiger partial charge in [0, 0.05) is 31.5 Å². The van der Waals surface area contributed by atoms with Gasteiger partial charge in [-0.15, -0.1) is 0 Å². The van der Waals surface area contributed by atoms with Crippen molar-refractivity contribution in [3.8, 4) is 5.75 Å². The topological polar surface area (TPSA) is 132 Å². The van der Waals surface area contributed by atoms with Gasteiger partial charge < -0.3 is 30.8 Å². The highest BCUT2D eigenvalue weighted by atomic mass is 19.1. The lowest BCUT2D eigenvalue weighted by molar-refractivity contribution is 0.0694. The van der Waals surface area contributed by atoms with E-state index in [4.69, 9.17) is 10.5 Å². The molecule has 3 aromatic rings. The molecule has 33 heavy (non-hydrogen) atoms. The third kappa shape index (κ3) is 4.15. The van der Waals surface area contributed by atoms with E-state index in [1.807, 2.05) is 12.1 Å². The first-order chi connectivity index (χ1) is 15.9. The molecule has 5 N–H and O–H groups in total. The second kappa shape index (κ2) is 9.35. The predicted octanol–water partition coefficient (Wildman–Crippen LogP) is 3.46. The van der Waals surface area contributed by atoms with Gasteiger partial charge in [0.25, 0.3) is 0 Å². The van der Waals surface area contributed by atoms with Crippen molar-refractivity contribution in [2.75, 3.05) is 36.6 Å². The Kier molecular flexibility index (Phi) is 6.34. The molecule has 0 unspecified atom stereocenters. The Morgan fingerprint density at radius 2 is 2.03 bits per heavy atom. The summed E-state index contributed by atoms with van der Waals surface area (Å²) in [6, 6.07) is 5.43. The van der Waals surface area contributed by atoms with Crippen LogP contribution in [0.4, 0.5) is 21.6 Å². The molecule has 0 spiro atoms. The largest absolute Gasteiger partial charge is 0.492 e. The highest BCUT2D eigenvalue weighted by Crippen LogP contribution is 2.42. The Morgan fingerprint density at radius 3 is 2.67 bits per heavy atom. The molecule has 1 aromatic carbocycles. The van der Waals surface area contributed by atoms with E-state index in [0.717, 1.165) is 25.7 Å². The lowest BCUT2D eigenvalue weighted by Crippen LogP contribution is -2.23. The van der Waals surface area contributed by atoms with Gasteiger partial charge in [-0.3, -0.25) is 4.79 Å². The number of carboxylic acids is 1. The van der Waals surface area contributed by atoms with Crippen molar-refractivity contribution < 1.29 is 19.0 Å². The third-order valence-corrected chi connectivity index (χ3v) is 5.95. The first kappa shape index (κ1) is 22.4. The zero-order valence-electron chi connectivity index (χ0n) is 18.2. The molecule has 0 bridgehead atoms. The molecular formula is C23H26FN5O4. The van der Waals surface area contributed by atoms with E-state index in [1.165, 1.54) is 13.3 Å². The number of hydrogen-bond donors (Lipinski definition) is 4. The molecule has 0 aliphatic heterocycles. The molecule has 2 heterocycles. The van der Waals surface area contributed by atoms with Crippen LogP contribution in [0.1, 0.15) is 42.1 Å². The number of nitrogens with two attached hydrogens (primary N) is 1. The zero-order valence-corrected chi connectivity index (χ0v) is 18.2. The number of anilines is 3. The molecule has 0 radical (unpaired) electrons. The first-order valence-corrected chi connectivity index (χ1v) is 10.8. The minimum atomic E-state index is -1.38. The summed E-state index contributed by atoms with van der Waals surface area (Å²) in [5.41, 5.74) is 4.74. The van der Waals surface area contributed by atoms with Crippen LogP contribution >= 0.6 is 0 Å². The van der Waals surface area contributed by atoms with Crippen LogP contribution in [-0.4, -0.2) is 40.8 Å². The number of ether oxygens (including phenoxy) is 1. The van der Waals surface area contributed by atoms with Gasteiger partial charge in [0.2, 0.25) is 5.43 Å². The van der Waals surface area contributed by atoms with Crippen molar-refractivity contribution in [3.05, 3.63) is 52.2 Å². The Labute approximate surface area is 189 Å². The number of nitrogen functional groups attached to an aromatic ring is 1. The fourth-order valence-electron chi connectivity index (χ4n) is 4.40. The second-order valence-corrected chi connectivity index (χ2v) is 7.95. The molecule has 1 aliphatic carbocycles. The standard InChI is InChI=1S/C23H26FN5O4/c1-33-22-19(28-11-10-27-15-8-4-5-9-26-15)17(24)18(25)16-20(22)29(13-6-2-3-7-13)12-14(21(16)30)23(31)32/h4-5,8-9,12-13,28H,2-3,6-7,10-11,25H2,1H3,(H,26,27)(H,31,32). The molecule has 174 valence electrons. The molecule has 0 saturated heterocycles. The Balaban J connectivity index is 1.80. The summed E-state index contributed by atoms with van der Waals surface area (Å²) < 4.78 is 22.6. The SMILES string of the molecule is COc1c(NCCNc2ccccn2)c(F)c(N)c2c(=O)c(C(=O)O)cn(C3CCCC3)c12. The summed E-state index contributed by atoms with van der Waals surface area (Å²) in [5, 5.41) is 15.5. The summed E-state index contributed by atoms with van der Waals surface area (Å²) in [4.78, 5) is 28.9. The Morgan fingerprint density at radius 1 is 1.30 bits per heavy atom. The van der Waals surface area contributed by atoms with Crippen molar-refractivity contribution in [1.29, 1.82) is 0 Å². The number of fused-ring (bicyclic) bond motifs is 1. The molecule has 1 fully saturated rings. The maximum Gasteiger partial charge on any atom is 0.341 e. The minimum absolute atomic E-state index is 0.0274. The van der Waals surface area contributed by atoms with Crippen molar-refractivity contribution in [2.24, 2.45) is 0 Å². The van der Waals surface area contributed by atoms with E-state index in [9.17, 15) is 14.7 Å². The molecule has 0 atom stereocenters.